The first-order valence-electron chi connectivity index (χ1n) is 5.68. The monoisotopic (exact) mass is 220 g/mol. The Balaban J connectivity index is 1.79. The van der Waals surface area contributed by atoms with Gasteiger partial charge in [0, 0.05) is 6.61 Å². The van der Waals surface area contributed by atoms with Gasteiger partial charge in [0.1, 0.15) is 6.61 Å². The highest BCUT2D eigenvalue weighted by atomic mass is 16.6. The summed E-state index contributed by atoms with van der Waals surface area (Å²) in [5, 5.41) is 0. The van der Waals surface area contributed by atoms with E-state index in [4.69, 9.17) is 9.47 Å². The highest BCUT2D eigenvalue weighted by Crippen LogP contribution is 2.14. The molecule has 1 saturated heterocycles. The zero-order valence-electron chi connectivity index (χ0n) is 9.22. The lowest BCUT2D eigenvalue weighted by atomic mass is 10.1. The van der Waals surface area contributed by atoms with Crippen molar-refractivity contribution in [2.24, 2.45) is 0 Å². The van der Waals surface area contributed by atoms with Crippen molar-refractivity contribution in [3.05, 3.63) is 35.9 Å². The first-order valence-corrected chi connectivity index (χ1v) is 5.68. The standard InChI is InChI=1S/C13H16O3/c14-13(12-8-4-5-9-15-12)16-10-11-6-2-1-3-7-11/h1-3,6-7,12H,4-5,8-10H2/t12-/m0/s1. The molecule has 3 nitrogen and oxygen atoms in total. The third-order valence-electron chi connectivity index (χ3n) is 2.67. The fourth-order valence-corrected chi connectivity index (χ4v) is 1.75. The quantitative estimate of drug-likeness (QED) is 0.733. The predicted octanol–water partition coefficient (Wildman–Crippen LogP) is 2.30. The van der Waals surface area contributed by atoms with Crippen LogP contribution in [0.15, 0.2) is 30.3 Å². The van der Waals surface area contributed by atoms with E-state index in [2.05, 4.69) is 0 Å². The van der Waals surface area contributed by atoms with Gasteiger partial charge in [0.2, 0.25) is 0 Å². The van der Waals surface area contributed by atoms with Crippen LogP contribution in [0.1, 0.15) is 24.8 Å². The molecule has 0 bridgehead atoms. The van der Waals surface area contributed by atoms with Crippen molar-refractivity contribution in [3.8, 4) is 0 Å². The van der Waals surface area contributed by atoms with Gasteiger partial charge in [-0.25, -0.2) is 4.79 Å². The van der Waals surface area contributed by atoms with Crippen LogP contribution in [-0.4, -0.2) is 18.7 Å². The summed E-state index contributed by atoms with van der Waals surface area (Å²) in [5.41, 5.74) is 1.01. The molecule has 2 rings (SSSR count). The van der Waals surface area contributed by atoms with Crippen LogP contribution in [0.25, 0.3) is 0 Å². The molecule has 3 heteroatoms. The van der Waals surface area contributed by atoms with Crippen LogP contribution < -0.4 is 0 Å². The van der Waals surface area contributed by atoms with Crippen molar-refractivity contribution in [1.29, 1.82) is 0 Å². The molecule has 0 aliphatic carbocycles. The van der Waals surface area contributed by atoms with E-state index in [1.54, 1.807) is 0 Å². The minimum absolute atomic E-state index is 0.233. The van der Waals surface area contributed by atoms with Crippen LogP contribution in [0.4, 0.5) is 0 Å². The Hall–Kier alpha value is -1.35. The number of benzene rings is 1. The summed E-state index contributed by atoms with van der Waals surface area (Å²) in [6.45, 7) is 1.00. The van der Waals surface area contributed by atoms with Crippen molar-refractivity contribution in [2.75, 3.05) is 6.61 Å². The van der Waals surface area contributed by atoms with Crippen LogP contribution in [-0.2, 0) is 20.9 Å². The van der Waals surface area contributed by atoms with Crippen molar-refractivity contribution >= 4 is 5.97 Å². The van der Waals surface area contributed by atoms with Gasteiger partial charge in [-0.3, -0.25) is 0 Å². The van der Waals surface area contributed by atoms with Crippen LogP contribution in [0, 0.1) is 0 Å². The normalized spacial score (nSPS) is 20.4. The molecule has 1 aromatic carbocycles. The summed E-state index contributed by atoms with van der Waals surface area (Å²) in [5.74, 6) is -0.233. The molecular formula is C13H16O3. The molecule has 0 amide bonds. The van der Waals surface area contributed by atoms with Gasteiger partial charge in [-0.1, -0.05) is 30.3 Å². The highest BCUT2D eigenvalue weighted by Gasteiger charge is 2.23. The molecule has 0 saturated carbocycles. The third-order valence-corrected chi connectivity index (χ3v) is 2.67. The van der Waals surface area contributed by atoms with Crippen LogP contribution >= 0.6 is 0 Å². The van der Waals surface area contributed by atoms with Gasteiger partial charge >= 0.3 is 5.97 Å². The van der Waals surface area contributed by atoms with E-state index in [9.17, 15) is 4.79 Å². The number of ether oxygens (including phenoxy) is 2. The van der Waals surface area contributed by atoms with Gasteiger partial charge in [-0.15, -0.1) is 0 Å². The van der Waals surface area contributed by atoms with E-state index in [-0.39, 0.29) is 12.1 Å². The number of carbonyl (C=O) groups excluding carboxylic acids is 1. The van der Waals surface area contributed by atoms with Gasteiger partial charge in [0.15, 0.2) is 6.10 Å². The van der Waals surface area contributed by atoms with E-state index in [0.717, 1.165) is 24.8 Å². The molecular weight excluding hydrogens is 204 g/mol. The molecule has 0 unspecified atom stereocenters. The van der Waals surface area contributed by atoms with Crippen molar-refractivity contribution in [2.45, 2.75) is 32.0 Å². The number of rotatable bonds is 3. The smallest absolute Gasteiger partial charge is 0.335 e. The predicted molar refractivity (Wildman–Crippen MR) is 59.8 cm³/mol. The second-order valence-electron chi connectivity index (χ2n) is 3.95. The molecule has 16 heavy (non-hydrogen) atoms. The molecule has 1 aromatic rings. The molecule has 1 heterocycles. The molecule has 0 spiro atoms. The maximum absolute atomic E-state index is 11.6. The first-order chi connectivity index (χ1) is 7.86. The van der Waals surface area contributed by atoms with E-state index in [1.807, 2.05) is 30.3 Å². The molecule has 86 valence electrons. The van der Waals surface area contributed by atoms with Crippen molar-refractivity contribution in [1.82, 2.24) is 0 Å². The molecule has 1 fully saturated rings. The van der Waals surface area contributed by atoms with E-state index < -0.39 is 0 Å². The Labute approximate surface area is 95.4 Å². The van der Waals surface area contributed by atoms with E-state index >= 15 is 0 Å². The van der Waals surface area contributed by atoms with Crippen molar-refractivity contribution in [3.63, 3.8) is 0 Å². The van der Waals surface area contributed by atoms with Gasteiger partial charge in [0.25, 0.3) is 0 Å². The molecule has 0 radical (unpaired) electrons. The topological polar surface area (TPSA) is 35.5 Å². The molecule has 0 N–H and O–H groups in total. The SMILES string of the molecule is O=C(OCc1ccccc1)[C@@H]1CCCCO1. The zero-order chi connectivity index (χ0) is 11.2. The summed E-state index contributed by atoms with van der Waals surface area (Å²) >= 11 is 0. The molecule has 1 atom stereocenters. The third kappa shape index (κ3) is 3.07. The summed E-state index contributed by atoms with van der Waals surface area (Å²) in [6, 6.07) is 9.68. The Morgan fingerprint density at radius 2 is 2.12 bits per heavy atom. The van der Waals surface area contributed by atoms with Crippen LogP contribution in [0.2, 0.25) is 0 Å². The Morgan fingerprint density at radius 1 is 1.31 bits per heavy atom. The Morgan fingerprint density at radius 3 is 2.81 bits per heavy atom. The van der Waals surface area contributed by atoms with Crippen molar-refractivity contribution < 1.29 is 14.3 Å². The fraction of sp³-hybridized carbons (Fsp3) is 0.462. The number of hydrogen-bond acceptors (Lipinski definition) is 3. The largest absolute Gasteiger partial charge is 0.459 e. The maximum Gasteiger partial charge on any atom is 0.335 e. The number of carbonyl (C=O) groups is 1. The fourth-order valence-electron chi connectivity index (χ4n) is 1.75. The van der Waals surface area contributed by atoms with E-state index in [0.29, 0.717) is 13.2 Å². The average Bonchev–Trinajstić information content (AvgIpc) is 2.38. The summed E-state index contributed by atoms with van der Waals surface area (Å²) in [4.78, 5) is 11.6. The lowest BCUT2D eigenvalue weighted by molar-refractivity contribution is -0.161. The summed E-state index contributed by atoms with van der Waals surface area (Å²) < 4.78 is 10.6. The van der Waals surface area contributed by atoms with Gasteiger partial charge in [-0.05, 0) is 24.8 Å². The second-order valence-corrected chi connectivity index (χ2v) is 3.95. The highest BCUT2D eigenvalue weighted by molar-refractivity contribution is 5.74. The molecule has 1 aliphatic rings. The molecule has 1 aliphatic heterocycles. The minimum atomic E-state index is -0.350. The minimum Gasteiger partial charge on any atom is -0.459 e. The van der Waals surface area contributed by atoms with Crippen LogP contribution in [0.3, 0.4) is 0 Å². The number of hydrogen-bond donors (Lipinski definition) is 0. The second kappa shape index (κ2) is 5.66. The zero-order valence-corrected chi connectivity index (χ0v) is 9.22. The Bertz CT molecular complexity index is 328. The first kappa shape index (κ1) is 11.1. The van der Waals surface area contributed by atoms with Gasteiger partial charge in [-0.2, -0.15) is 0 Å². The Kier molecular flexibility index (Phi) is 3.94. The average molecular weight is 220 g/mol. The summed E-state index contributed by atoms with van der Waals surface area (Å²) in [7, 11) is 0. The summed E-state index contributed by atoms with van der Waals surface area (Å²) in [6.07, 6.45) is 2.53. The number of esters is 1. The maximum atomic E-state index is 11.6. The van der Waals surface area contributed by atoms with E-state index in [1.165, 1.54) is 0 Å². The lowest BCUT2D eigenvalue weighted by Gasteiger charge is -2.20. The lowest BCUT2D eigenvalue weighted by Crippen LogP contribution is -2.29. The van der Waals surface area contributed by atoms with Gasteiger partial charge in [0.05, 0.1) is 0 Å². The van der Waals surface area contributed by atoms with Gasteiger partial charge < -0.3 is 9.47 Å². The van der Waals surface area contributed by atoms with Crippen LogP contribution in [0.5, 0.6) is 0 Å². The molecule has 0 aromatic heterocycles.